The van der Waals surface area contributed by atoms with Crippen molar-refractivity contribution in [2.75, 3.05) is 5.75 Å². The highest BCUT2D eigenvalue weighted by Gasteiger charge is 2.32. The predicted molar refractivity (Wildman–Crippen MR) is 83.4 cm³/mol. The molecule has 0 unspecified atom stereocenters. The minimum Gasteiger partial charge on any atom is -0.322 e. The summed E-state index contributed by atoms with van der Waals surface area (Å²) < 4.78 is 0. The Hall–Kier alpha value is -1.74. The summed E-state index contributed by atoms with van der Waals surface area (Å²) >= 11 is 1.71. The maximum Gasteiger partial charge on any atom is 0.234 e. The molecule has 20 heavy (non-hydrogen) atoms. The number of amides is 1. The third kappa shape index (κ3) is 2.73. The second kappa shape index (κ2) is 5.71. The highest BCUT2D eigenvalue weighted by Crippen LogP contribution is 2.39. The highest BCUT2D eigenvalue weighted by atomic mass is 32.2. The Kier molecular flexibility index (Phi) is 3.79. The number of nitrogens with zero attached hydrogens (tertiary/aromatic N) is 1. The van der Waals surface area contributed by atoms with E-state index in [0.717, 1.165) is 0 Å². The van der Waals surface area contributed by atoms with Crippen molar-refractivity contribution in [2.24, 2.45) is 0 Å². The number of thioether (sulfide) groups is 1. The Balaban J connectivity index is 1.83. The first-order valence-electron chi connectivity index (χ1n) is 6.75. The summed E-state index contributed by atoms with van der Waals surface area (Å²) in [6, 6.07) is 18.7. The number of carbonyl (C=O) groups excluding carboxylic acids is 1. The van der Waals surface area contributed by atoms with E-state index in [1.165, 1.54) is 16.7 Å². The molecule has 1 heterocycles. The molecule has 2 aromatic rings. The lowest BCUT2D eigenvalue weighted by Crippen LogP contribution is -2.27. The minimum atomic E-state index is 0.142. The van der Waals surface area contributed by atoms with Gasteiger partial charge in [0, 0.05) is 6.54 Å². The van der Waals surface area contributed by atoms with Crippen LogP contribution in [0, 0.1) is 6.92 Å². The molecule has 0 saturated carbocycles. The van der Waals surface area contributed by atoms with Crippen LogP contribution in [0.25, 0.3) is 0 Å². The van der Waals surface area contributed by atoms with Gasteiger partial charge in [0.1, 0.15) is 5.37 Å². The molecule has 1 amide bonds. The summed E-state index contributed by atoms with van der Waals surface area (Å²) in [5.41, 5.74) is 3.64. The van der Waals surface area contributed by atoms with Gasteiger partial charge in [0.15, 0.2) is 0 Å². The molecule has 0 aliphatic carbocycles. The van der Waals surface area contributed by atoms with Crippen LogP contribution in [0.1, 0.15) is 22.1 Å². The Morgan fingerprint density at radius 2 is 1.80 bits per heavy atom. The van der Waals surface area contributed by atoms with Crippen LogP contribution in [-0.4, -0.2) is 16.6 Å². The molecule has 0 bridgehead atoms. The molecule has 0 spiro atoms. The molecule has 2 aromatic carbocycles. The zero-order valence-electron chi connectivity index (χ0n) is 11.5. The summed E-state index contributed by atoms with van der Waals surface area (Å²) in [7, 11) is 0. The first kappa shape index (κ1) is 13.3. The minimum absolute atomic E-state index is 0.142. The van der Waals surface area contributed by atoms with E-state index >= 15 is 0 Å². The summed E-state index contributed by atoms with van der Waals surface area (Å²) in [5.74, 6) is 0.801. The standard InChI is InChI=1S/C17H17NOS/c1-13-7-9-15(10-8-13)17-18(16(19)12-20-17)11-14-5-3-2-4-6-14/h2-10,17H,11-12H2,1H3/t17-/m0/s1. The van der Waals surface area contributed by atoms with Crippen LogP contribution in [0.4, 0.5) is 0 Å². The maximum absolute atomic E-state index is 12.1. The van der Waals surface area contributed by atoms with E-state index in [-0.39, 0.29) is 11.3 Å². The second-order valence-electron chi connectivity index (χ2n) is 5.08. The lowest BCUT2D eigenvalue weighted by Gasteiger charge is -2.24. The van der Waals surface area contributed by atoms with Crippen molar-refractivity contribution in [3.63, 3.8) is 0 Å². The van der Waals surface area contributed by atoms with Gasteiger partial charge in [-0.3, -0.25) is 4.79 Å². The molecule has 1 atom stereocenters. The van der Waals surface area contributed by atoms with Gasteiger partial charge in [-0.05, 0) is 18.1 Å². The summed E-state index contributed by atoms with van der Waals surface area (Å²) in [6.07, 6.45) is 0. The molecular weight excluding hydrogens is 266 g/mol. The monoisotopic (exact) mass is 283 g/mol. The Morgan fingerprint density at radius 1 is 1.10 bits per heavy atom. The van der Waals surface area contributed by atoms with Crippen molar-refractivity contribution in [3.8, 4) is 0 Å². The molecular formula is C17H17NOS. The van der Waals surface area contributed by atoms with Gasteiger partial charge in [-0.2, -0.15) is 0 Å². The van der Waals surface area contributed by atoms with Crippen LogP contribution in [0.5, 0.6) is 0 Å². The fourth-order valence-electron chi connectivity index (χ4n) is 2.41. The smallest absolute Gasteiger partial charge is 0.234 e. The van der Waals surface area contributed by atoms with Crippen molar-refractivity contribution >= 4 is 17.7 Å². The maximum atomic E-state index is 12.1. The molecule has 1 aliphatic rings. The lowest BCUT2D eigenvalue weighted by atomic mass is 10.1. The van der Waals surface area contributed by atoms with Crippen LogP contribution >= 0.6 is 11.8 Å². The van der Waals surface area contributed by atoms with Crippen molar-refractivity contribution in [1.29, 1.82) is 0 Å². The number of benzene rings is 2. The number of carbonyl (C=O) groups is 1. The topological polar surface area (TPSA) is 20.3 Å². The van der Waals surface area contributed by atoms with Crippen molar-refractivity contribution < 1.29 is 4.79 Å². The molecule has 102 valence electrons. The van der Waals surface area contributed by atoms with Gasteiger partial charge in [-0.15, -0.1) is 11.8 Å². The predicted octanol–water partition coefficient (Wildman–Crippen LogP) is 3.77. The zero-order chi connectivity index (χ0) is 13.9. The normalized spacial score (nSPS) is 18.6. The van der Waals surface area contributed by atoms with E-state index in [2.05, 4.69) is 43.3 Å². The highest BCUT2D eigenvalue weighted by molar-refractivity contribution is 8.00. The lowest BCUT2D eigenvalue weighted by molar-refractivity contribution is -0.128. The van der Waals surface area contributed by atoms with Gasteiger partial charge in [0.05, 0.1) is 5.75 Å². The fourth-order valence-corrected chi connectivity index (χ4v) is 3.60. The van der Waals surface area contributed by atoms with Crippen LogP contribution in [-0.2, 0) is 11.3 Å². The van der Waals surface area contributed by atoms with Gasteiger partial charge < -0.3 is 4.90 Å². The van der Waals surface area contributed by atoms with E-state index in [1.807, 2.05) is 23.1 Å². The van der Waals surface area contributed by atoms with E-state index < -0.39 is 0 Å². The van der Waals surface area contributed by atoms with Crippen molar-refractivity contribution in [3.05, 3.63) is 71.3 Å². The molecule has 3 rings (SSSR count). The number of hydrogen-bond donors (Lipinski definition) is 0. The SMILES string of the molecule is Cc1ccc([C@@H]2SCC(=O)N2Cc2ccccc2)cc1. The summed E-state index contributed by atoms with van der Waals surface area (Å²) in [6.45, 7) is 2.77. The zero-order valence-corrected chi connectivity index (χ0v) is 12.3. The molecule has 0 aromatic heterocycles. The number of aryl methyl sites for hydroxylation is 1. The van der Waals surface area contributed by atoms with Crippen LogP contribution in [0.15, 0.2) is 54.6 Å². The summed E-state index contributed by atoms with van der Waals surface area (Å²) in [4.78, 5) is 14.1. The largest absolute Gasteiger partial charge is 0.322 e. The van der Waals surface area contributed by atoms with Crippen molar-refractivity contribution in [2.45, 2.75) is 18.8 Å². The van der Waals surface area contributed by atoms with E-state index in [4.69, 9.17) is 0 Å². The van der Waals surface area contributed by atoms with Crippen molar-refractivity contribution in [1.82, 2.24) is 4.90 Å². The van der Waals surface area contributed by atoms with Gasteiger partial charge in [0.2, 0.25) is 5.91 Å². The van der Waals surface area contributed by atoms with Gasteiger partial charge in [-0.1, -0.05) is 60.2 Å². The Morgan fingerprint density at radius 3 is 2.50 bits per heavy atom. The van der Waals surface area contributed by atoms with Crippen LogP contribution in [0.3, 0.4) is 0 Å². The van der Waals surface area contributed by atoms with E-state index in [1.54, 1.807) is 11.8 Å². The van der Waals surface area contributed by atoms with Gasteiger partial charge in [-0.25, -0.2) is 0 Å². The summed E-state index contributed by atoms with van der Waals surface area (Å²) in [5, 5.41) is 0.142. The second-order valence-corrected chi connectivity index (χ2v) is 6.15. The van der Waals surface area contributed by atoms with Gasteiger partial charge in [0.25, 0.3) is 0 Å². The van der Waals surface area contributed by atoms with E-state index in [0.29, 0.717) is 12.3 Å². The number of rotatable bonds is 3. The quantitative estimate of drug-likeness (QED) is 0.854. The van der Waals surface area contributed by atoms with Crippen LogP contribution < -0.4 is 0 Å². The molecule has 1 saturated heterocycles. The fraction of sp³-hybridized carbons (Fsp3) is 0.235. The third-order valence-corrected chi connectivity index (χ3v) is 4.78. The van der Waals surface area contributed by atoms with E-state index in [9.17, 15) is 4.79 Å². The number of hydrogen-bond acceptors (Lipinski definition) is 2. The average molecular weight is 283 g/mol. The third-order valence-electron chi connectivity index (χ3n) is 3.53. The Bertz CT molecular complexity index is 594. The first-order chi connectivity index (χ1) is 9.74. The molecule has 2 nitrogen and oxygen atoms in total. The molecule has 0 radical (unpaired) electrons. The van der Waals surface area contributed by atoms with Crippen LogP contribution in [0.2, 0.25) is 0 Å². The first-order valence-corrected chi connectivity index (χ1v) is 7.80. The Labute approximate surface area is 123 Å². The van der Waals surface area contributed by atoms with Gasteiger partial charge >= 0.3 is 0 Å². The molecule has 0 N–H and O–H groups in total. The molecule has 1 fully saturated rings. The average Bonchev–Trinajstić information content (AvgIpc) is 2.83. The molecule has 3 heteroatoms. The molecule has 1 aliphatic heterocycles.